The van der Waals surface area contributed by atoms with E-state index in [1.807, 2.05) is 4.90 Å². The van der Waals surface area contributed by atoms with E-state index < -0.39 is 17.8 Å². The van der Waals surface area contributed by atoms with E-state index in [4.69, 9.17) is 4.74 Å². The molecule has 0 radical (unpaired) electrons. The van der Waals surface area contributed by atoms with E-state index in [0.29, 0.717) is 11.5 Å². The Kier molecular flexibility index (Phi) is 5.33. The van der Waals surface area contributed by atoms with Gasteiger partial charge in [0.1, 0.15) is 5.69 Å². The molecule has 1 saturated heterocycles. The molecule has 1 aromatic carbocycles. The normalized spacial score (nSPS) is 14.1. The molecular formula is C17H18F3N5O2. The van der Waals surface area contributed by atoms with Gasteiger partial charge in [0, 0.05) is 18.8 Å². The van der Waals surface area contributed by atoms with Gasteiger partial charge in [-0.2, -0.15) is 18.2 Å². The molecule has 0 aliphatic carbocycles. The number of amides is 2. The van der Waals surface area contributed by atoms with Gasteiger partial charge >= 0.3 is 18.2 Å². The number of hydrogen-bond donors (Lipinski definition) is 2. The summed E-state index contributed by atoms with van der Waals surface area (Å²) in [7, 11) is 1.44. The van der Waals surface area contributed by atoms with Gasteiger partial charge in [0.2, 0.25) is 0 Å². The number of anilines is 3. The second kappa shape index (κ2) is 7.68. The van der Waals surface area contributed by atoms with Crippen molar-refractivity contribution in [3.63, 3.8) is 0 Å². The molecule has 2 aromatic rings. The molecule has 2 amide bonds. The van der Waals surface area contributed by atoms with Crippen LogP contribution in [0.15, 0.2) is 30.5 Å². The van der Waals surface area contributed by atoms with Gasteiger partial charge in [-0.05, 0) is 31.0 Å². The lowest BCUT2D eigenvalue weighted by Gasteiger charge is -2.20. The minimum atomic E-state index is -4.49. The molecular weight excluding hydrogens is 363 g/mol. The van der Waals surface area contributed by atoms with Crippen molar-refractivity contribution >= 4 is 23.2 Å². The molecule has 3 rings (SSSR count). The van der Waals surface area contributed by atoms with Crippen LogP contribution in [0.1, 0.15) is 18.4 Å². The van der Waals surface area contributed by atoms with E-state index in [0.717, 1.165) is 38.1 Å². The van der Waals surface area contributed by atoms with Crippen molar-refractivity contribution in [2.24, 2.45) is 0 Å². The zero-order chi connectivity index (χ0) is 19.4. The van der Waals surface area contributed by atoms with Crippen molar-refractivity contribution in [2.75, 3.05) is 35.7 Å². The molecule has 144 valence electrons. The minimum absolute atomic E-state index is 0.0273. The maximum Gasteiger partial charge on any atom is 0.416 e. The maximum atomic E-state index is 12.8. The average molecular weight is 381 g/mol. The van der Waals surface area contributed by atoms with Crippen LogP contribution in [0.25, 0.3) is 0 Å². The highest BCUT2D eigenvalue weighted by molar-refractivity contribution is 6.01. The Morgan fingerprint density at radius 2 is 1.96 bits per heavy atom. The van der Waals surface area contributed by atoms with E-state index in [1.165, 1.54) is 25.4 Å². The van der Waals surface area contributed by atoms with E-state index in [2.05, 4.69) is 20.6 Å². The van der Waals surface area contributed by atoms with Crippen molar-refractivity contribution in [1.29, 1.82) is 0 Å². The van der Waals surface area contributed by atoms with Gasteiger partial charge in [-0.25, -0.2) is 9.78 Å². The Hall–Kier alpha value is -3.04. The highest BCUT2D eigenvalue weighted by atomic mass is 19.4. The van der Waals surface area contributed by atoms with Crippen molar-refractivity contribution < 1.29 is 22.7 Å². The van der Waals surface area contributed by atoms with Crippen LogP contribution in [0, 0.1) is 0 Å². The van der Waals surface area contributed by atoms with Gasteiger partial charge in [-0.1, -0.05) is 6.07 Å². The molecule has 0 bridgehead atoms. The Morgan fingerprint density at radius 1 is 1.22 bits per heavy atom. The lowest BCUT2D eigenvalue weighted by Crippen LogP contribution is -2.25. The number of carbonyl (C=O) groups is 1. The first-order valence-corrected chi connectivity index (χ1v) is 8.28. The van der Waals surface area contributed by atoms with E-state index >= 15 is 0 Å². The molecule has 1 aliphatic rings. The van der Waals surface area contributed by atoms with Gasteiger partial charge < -0.3 is 20.3 Å². The summed E-state index contributed by atoms with van der Waals surface area (Å²) in [5.74, 6) is 0.513. The summed E-state index contributed by atoms with van der Waals surface area (Å²) < 4.78 is 43.4. The fourth-order valence-corrected chi connectivity index (χ4v) is 2.77. The number of aromatic nitrogens is 2. The van der Waals surface area contributed by atoms with Crippen molar-refractivity contribution in [3.8, 4) is 6.01 Å². The van der Waals surface area contributed by atoms with E-state index in [1.54, 1.807) is 0 Å². The third-order valence-corrected chi connectivity index (χ3v) is 4.03. The Bertz CT molecular complexity index is 822. The first-order valence-electron chi connectivity index (χ1n) is 8.28. The third-order valence-electron chi connectivity index (χ3n) is 4.03. The number of ether oxygens (including phenoxy) is 1. The van der Waals surface area contributed by atoms with Crippen LogP contribution in [-0.4, -0.2) is 36.2 Å². The SMILES string of the molecule is COc1ncc(NC(=O)Nc2cccc(C(F)(F)F)c2)c(N2CCCC2)n1. The number of rotatable bonds is 4. The zero-order valence-electron chi connectivity index (χ0n) is 14.5. The van der Waals surface area contributed by atoms with Gasteiger partial charge in [-0.3, -0.25) is 0 Å². The highest BCUT2D eigenvalue weighted by Crippen LogP contribution is 2.31. The highest BCUT2D eigenvalue weighted by Gasteiger charge is 2.30. The molecule has 2 N–H and O–H groups in total. The lowest BCUT2D eigenvalue weighted by atomic mass is 10.2. The topological polar surface area (TPSA) is 79.4 Å². The van der Waals surface area contributed by atoms with Crippen LogP contribution >= 0.6 is 0 Å². The van der Waals surface area contributed by atoms with Crippen LogP contribution in [0.4, 0.5) is 35.2 Å². The summed E-state index contributed by atoms with van der Waals surface area (Å²) in [5.41, 5.74) is -0.465. The molecule has 0 spiro atoms. The summed E-state index contributed by atoms with van der Waals surface area (Å²) in [6.45, 7) is 1.56. The van der Waals surface area contributed by atoms with Gasteiger partial charge in [-0.15, -0.1) is 0 Å². The molecule has 27 heavy (non-hydrogen) atoms. The van der Waals surface area contributed by atoms with Crippen LogP contribution in [0.3, 0.4) is 0 Å². The number of benzene rings is 1. The number of nitrogens with one attached hydrogen (secondary N) is 2. The lowest BCUT2D eigenvalue weighted by molar-refractivity contribution is -0.137. The zero-order valence-corrected chi connectivity index (χ0v) is 14.5. The minimum Gasteiger partial charge on any atom is -0.467 e. The number of halogens is 3. The summed E-state index contributed by atoms with van der Waals surface area (Å²) >= 11 is 0. The number of urea groups is 1. The van der Waals surface area contributed by atoms with Crippen LogP contribution in [0.5, 0.6) is 6.01 Å². The average Bonchev–Trinajstić information content (AvgIpc) is 3.16. The molecule has 1 aliphatic heterocycles. The molecule has 0 unspecified atom stereocenters. The second-order valence-corrected chi connectivity index (χ2v) is 5.95. The van der Waals surface area contributed by atoms with Gasteiger partial charge in [0.05, 0.1) is 18.9 Å². The predicted octanol–water partition coefficient (Wildman–Crippen LogP) is 3.75. The first-order chi connectivity index (χ1) is 12.9. The van der Waals surface area contributed by atoms with Crippen molar-refractivity contribution in [2.45, 2.75) is 19.0 Å². The molecule has 2 heterocycles. The number of hydrogen-bond acceptors (Lipinski definition) is 5. The summed E-state index contributed by atoms with van der Waals surface area (Å²) in [5, 5.41) is 4.99. The van der Waals surface area contributed by atoms with Gasteiger partial charge in [0.15, 0.2) is 5.82 Å². The smallest absolute Gasteiger partial charge is 0.416 e. The quantitative estimate of drug-likeness (QED) is 0.843. The Balaban J connectivity index is 1.76. The fraction of sp³-hybridized carbons (Fsp3) is 0.353. The van der Waals surface area contributed by atoms with E-state index in [9.17, 15) is 18.0 Å². The second-order valence-electron chi connectivity index (χ2n) is 5.95. The van der Waals surface area contributed by atoms with Gasteiger partial charge in [0.25, 0.3) is 0 Å². The number of alkyl halides is 3. The summed E-state index contributed by atoms with van der Waals surface area (Å²) in [4.78, 5) is 22.5. The molecule has 0 atom stereocenters. The van der Waals surface area contributed by atoms with Crippen LogP contribution in [0.2, 0.25) is 0 Å². The third kappa shape index (κ3) is 4.57. The molecule has 1 aromatic heterocycles. The largest absolute Gasteiger partial charge is 0.467 e. The number of carbonyl (C=O) groups excluding carboxylic acids is 1. The van der Waals surface area contributed by atoms with E-state index in [-0.39, 0.29) is 11.7 Å². The monoisotopic (exact) mass is 381 g/mol. The van der Waals surface area contributed by atoms with Crippen molar-refractivity contribution in [3.05, 3.63) is 36.0 Å². The molecule has 7 nitrogen and oxygen atoms in total. The Morgan fingerprint density at radius 3 is 2.63 bits per heavy atom. The number of nitrogens with zero attached hydrogens (tertiary/aromatic N) is 3. The summed E-state index contributed by atoms with van der Waals surface area (Å²) in [6.07, 6.45) is -1.07. The standard InChI is InChI=1S/C17H18F3N5O2/c1-27-16-21-10-13(14(24-16)25-7-2-3-8-25)23-15(26)22-12-6-4-5-11(9-12)17(18,19)20/h4-6,9-10H,2-3,7-8H2,1H3,(H2,22,23,26). The number of methoxy groups -OCH3 is 1. The first kappa shape index (κ1) is 18.7. The molecule has 1 fully saturated rings. The van der Waals surface area contributed by atoms with Crippen LogP contribution in [-0.2, 0) is 6.18 Å². The maximum absolute atomic E-state index is 12.8. The Labute approximate surface area is 153 Å². The van der Waals surface area contributed by atoms with Crippen molar-refractivity contribution in [1.82, 2.24) is 9.97 Å². The molecule has 0 saturated carbocycles. The summed E-state index contributed by atoms with van der Waals surface area (Å²) in [6, 6.07) is 3.88. The fourth-order valence-electron chi connectivity index (χ4n) is 2.77. The van der Waals surface area contributed by atoms with Crippen LogP contribution < -0.4 is 20.3 Å². The molecule has 10 heteroatoms. The predicted molar refractivity (Wildman–Crippen MR) is 94.1 cm³/mol.